The van der Waals surface area contributed by atoms with Crippen molar-refractivity contribution in [3.05, 3.63) is 69.3 Å². The minimum absolute atomic E-state index is 0.193. The fourth-order valence-corrected chi connectivity index (χ4v) is 7.32. The molecule has 1 aromatic heterocycles. The molecular weight excluding hydrogens is 551 g/mol. The number of nitrogens with one attached hydrogen (secondary N) is 2. The highest BCUT2D eigenvalue weighted by Crippen LogP contribution is 2.52. The number of nitrogens with zero attached hydrogens (tertiary/aromatic N) is 4. The summed E-state index contributed by atoms with van der Waals surface area (Å²) >= 11 is 9.41. The molecule has 1 saturated heterocycles. The third kappa shape index (κ3) is 5.62. The number of amides is 1. The van der Waals surface area contributed by atoms with Crippen LogP contribution in [0.25, 0.3) is 0 Å². The summed E-state index contributed by atoms with van der Waals surface area (Å²) < 4.78 is 19.3. The first-order valence-electron chi connectivity index (χ1n) is 11.2. The van der Waals surface area contributed by atoms with Crippen molar-refractivity contribution >= 4 is 57.7 Å². The fourth-order valence-electron chi connectivity index (χ4n) is 4.11. The van der Waals surface area contributed by atoms with Crippen LogP contribution in [0, 0.1) is 18.3 Å². The largest absolute Gasteiger partial charge is 0.321 e. The molecule has 35 heavy (non-hydrogen) atoms. The number of anilines is 2. The molecule has 1 amide bonds. The average molecular weight is 576 g/mol. The zero-order valence-electron chi connectivity index (χ0n) is 19.2. The van der Waals surface area contributed by atoms with Gasteiger partial charge in [-0.05, 0) is 68.3 Å². The number of nitriles is 1. The van der Waals surface area contributed by atoms with E-state index in [1.165, 1.54) is 0 Å². The van der Waals surface area contributed by atoms with Crippen molar-refractivity contribution in [2.75, 3.05) is 23.5 Å². The first-order chi connectivity index (χ1) is 16.8. The van der Waals surface area contributed by atoms with Crippen molar-refractivity contribution in [1.29, 1.82) is 5.26 Å². The van der Waals surface area contributed by atoms with Gasteiger partial charge in [0.2, 0.25) is 0 Å². The molecule has 2 aromatic carbocycles. The monoisotopic (exact) mass is 574 g/mol. The molecule has 2 N–H and O–H groups in total. The molecule has 4 rings (SSSR count). The van der Waals surface area contributed by atoms with Crippen LogP contribution in [0.2, 0.25) is 5.02 Å². The summed E-state index contributed by atoms with van der Waals surface area (Å²) in [4.78, 5) is 13.2. The number of halogens is 2. The maximum atomic E-state index is 14.9. The van der Waals surface area contributed by atoms with Crippen LogP contribution in [-0.4, -0.2) is 33.4 Å². The SMILES string of the molecule is Cc1nn(CCC#N)c(NC(=O)c2ccc(Cl)cc2)c1P(=O)(Nc1ccc(Br)cc1)N1CCCC1. The fraction of sp³-hybridized carbons (Fsp3) is 0.292. The topological polar surface area (TPSA) is 103 Å². The van der Waals surface area contributed by atoms with E-state index in [-0.39, 0.29) is 18.9 Å². The van der Waals surface area contributed by atoms with Gasteiger partial charge in [-0.25, -0.2) is 9.35 Å². The Hall–Kier alpha value is -2.63. The smallest absolute Gasteiger partial charge is 0.272 e. The third-order valence-corrected chi connectivity index (χ3v) is 9.46. The molecule has 11 heteroatoms. The van der Waals surface area contributed by atoms with E-state index in [2.05, 4.69) is 37.5 Å². The molecule has 2 heterocycles. The molecule has 3 aromatic rings. The van der Waals surface area contributed by atoms with E-state index in [9.17, 15) is 9.36 Å². The van der Waals surface area contributed by atoms with Gasteiger partial charge < -0.3 is 10.4 Å². The average Bonchev–Trinajstić information content (AvgIpc) is 3.49. The van der Waals surface area contributed by atoms with Crippen molar-refractivity contribution in [1.82, 2.24) is 14.5 Å². The summed E-state index contributed by atoms with van der Waals surface area (Å²) in [7, 11) is -3.43. The summed E-state index contributed by atoms with van der Waals surface area (Å²) in [5.41, 5.74) is 1.64. The van der Waals surface area contributed by atoms with Gasteiger partial charge in [-0.2, -0.15) is 10.4 Å². The van der Waals surface area contributed by atoms with E-state index in [0.29, 0.717) is 46.2 Å². The lowest BCUT2D eigenvalue weighted by Crippen LogP contribution is -2.31. The highest BCUT2D eigenvalue weighted by molar-refractivity contribution is 9.10. The number of rotatable bonds is 8. The summed E-state index contributed by atoms with van der Waals surface area (Å²) in [6.07, 6.45) is 2.05. The Bertz CT molecular complexity index is 1300. The van der Waals surface area contributed by atoms with Crippen LogP contribution in [0.15, 0.2) is 53.0 Å². The predicted molar refractivity (Wildman–Crippen MR) is 142 cm³/mol. The second-order valence-corrected chi connectivity index (χ2v) is 12.0. The standard InChI is InChI=1S/C24H25BrClN6O2P/c1-17-22(35(34,31-14-2-3-15-31)30-21-11-7-19(25)8-12-21)23(32(29-17)16-4-13-27)28-24(33)18-5-9-20(26)10-6-18/h5-12H,2-4,14-16H2,1H3,(H,28,33)(H,30,34). The molecule has 1 unspecified atom stereocenters. The number of hydrogen-bond donors (Lipinski definition) is 2. The molecule has 1 aliphatic heterocycles. The Morgan fingerprint density at radius 3 is 2.46 bits per heavy atom. The van der Waals surface area contributed by atoms with Gasteiger partial charge in [0, 0.05) is 33.8 Å². The summed E-state index contributed by atoms with van der Waals surface area (Å²) in [6.45, 7) is 3.36. The van der Waals surface area contributed by atoms with Gasteiger partial charge >= 0.3 is 0 Å². The van der Waals surface area contributed by atoms with E-state index >= 15 is 0 Å². The Labute approximate surface area is 217 Å². The van der Waals surface area contributed by atoms with Crippen molar-refractivity contribution < 1.29 is 9.36 Å². The minimum Gasteiger partial charge on any atom is -0.321 e. The van der Waals surface area contributed by atoms with Gasteiger partial charge in [-0.1, -0.05) is 27.5 Å². The van der Waals surface area contributed by atoms with Gasteiger partial charge in [0.15, 0.2) is 0 Å². The highest BCUT2D eigenvalue weighted by Gasteiger charge is 2.41. The number of benzene rings is 2. The summed E-state index contributed by atoms with van der Waals surface area (Å²) in [6, 6.07) is 16.1. The van der Waals surface area contributed by atoms with E-state index < -0.39 is 7.44 Å². The van der Waals surface area contributed by atoms with E-state index in [4.69, 9.17) is 16.9 Å². The Kier molecular flexibility index (Phi) is 7.98. The van der Waals surface area contributed by atoms with E-state index in [0.717, 1.165) is 17.3 Å². The molecule has 0 spiro atoms. The molecule has 1 atom stereocenters. The number of carbonyl (C=O) groups excluding carboxylic acids is 1. The summed E-state index contributed by atoms with van der Waals surface area (Å²) in [5.74, 6) is -0.0461. The van der Waals surface area contributed by atoms with Gasteiger partial charge in [-0.3, -0.25) is 9.36 Å². The first-order valence-corrected chi connectivity index (χ1v) is 14.1. The lowest BCUT2D eigenvalue weighted by molar-refractivity contribution is 0.102. The highest BCUT2D eigenvalue weighted by atomic mass is 79.9. The van der Waals surface area contributed by atoms with Gasteiger partial charge in [0.25, 0.3) is 13.4 Å². The second-order valence-electron chi connectivity index (χ2n) is 8.23. The van der Waals surface area contributed by atoms with Crippen LogP contribution in [0.1, 0.15) is 35.3 Å². The molecule has 0 aliphatic carbocycles. The normalized spacial score (nSPS) is 15.4. The molecular formula is C24H25BrClN6O2P. The quantitative estimate of drug-likeness (QED) is 0.329. The number of aryl methyl sites for hydroxylation is 2. The summed E-state index contributed by atoms with van der Waals surface area (Å²) in [5, 5.41) is 20.9. The number of carbonyl (C=O) groups is 1. The minimum atomic E-state index is -3.43. The molecule has 0 radical (unpaired) electrons. The van der Waals surface area contributed by atoms with E-state index in [1.807, 2.05) is 28.9 Å². The Balaban J connectivity index is 1.81. The first kappa shape index (κ1) is 25.5. The molecule has 1 aliphatic rings. The molecule has 1 fully saturated rings. The maximum absolute atomic E-state index is 14.9. The van der Waals surface area contributed by atoms with Gasteiger partial charge in [-0.15, -0.1) is 0 Å². The van der Waals surface area contributed by atoms with Crippen molar-refractivity contribution in [2.45, 2.75) is 32.7 Å². The number of aromatic nitrogens is 2. The molecule has 0 saturated carbocycles. The van der Waals surface area contributed by atoms with E-state index in [1.54, 1.807) is 35.9 Å². The zero-order chi connectivity index (χ0) is 25.0. The third-order valence-electron chi connectivity index (χ3n) is 5.78. The van der Waals surface area contributed by atoms with Crippen LogP contribution >= 0.6 is 35.0 Å². The number of hydrogen-bond acceptors (Lipinski definition) is 4. The van der Waals surface area contributed by atoms with Crippen LogP contribution in [0.4, 0.5) is 11.5 Å². The lowest BCUT2D eigenvalue weighted by atomic mass is 10.2. The predicted octanol–water partition coefficient (Wildman–Crippen LogP) is 5.80. The van der Waals surface area contributed by atoms with Crippen LogP contribution < -0.4 is 15.7 Å². The maximum Gasteiger partial charge on any atom is 0.272 e. The van der Waals surface area contributed by atoms with Crippen LogP contribution in [0.5, 0.6) is 0 Å². The van der Waals surface area contributed by atoms with Crippen molar-refractivity contribution in [3.63, 3.8) is 0 Å². The lowest BCUT2D eigenvalue weighted by Gasteiger charge is -2.30. The van der Waals surface area contributed by atoms with Crippen LogP contribution in [0.3, 0.4) is 0 Å². The zero-order valence-corrected chi connectivity index (χ0v) is 22.4. The molecule has 0 bridgehead atoms. The Morgan fingerprint density at radius 2 is 1.83 bits per heavy atom. The van der Waals surface area contributed by atoms with Gasteiger partial charge in [0.05, 0.1) is 24.7 Å². The van der Waals surface area contributed by atoms with Crippen molar-refractivity contribution in [2.24, 2.45) is 0 Å². The molecule has 182 valence electrons. The van der Waals surface area contributed by atoms with Gasteiger partial charge in [0.1, 0.15) is 11.1 Å². The second kappa shape index (κ2) is 11.0. The molecule has 8 nitrogen and oxygen atoms in total. The van der Waals surface area contributed by atoms with Crippen molar-refractivity contribution in [3.8, 4) is 6.07 Å². The Morgan fingerprint density at radius 1 is 1.17 bits per heavy atom. The van der Waals surface area contributed by atoms with Crippen LogP contribution in [-0.2, 0) is 11.1 Å².